The molecular formula is C9H10N6O2. The average Bonchev–Trinajstić information content (AvgIpc) is 2.75. The van der Waals surface area contributed by atoms with Gasteiger partial charge in [0.2, 0.25) is 5.89 Å². The number of nitrogens with two attached hydrogens (primary N) is 1. The molecule has 0 atom stereocenters. The quantitative estimate of drug-likeness (QED) is 0.516. The minimum atomic E-state index is -0.382. The average molecular weight is 234 g/mol. The third-order valence-electron chi connectivity index (χ3n) is 1.92. The van der Waals surface area contributed by atoms with E-state index >= 15 is 0 Å². The molecule has 0 fully saturated rings. The Morgan fingerprint density at radius 3 is 2.94 bits per heavy atom. The minimum absolute atomic E-state index is 0.0477. The van der Waals surface area contributed by atoms with Crippen LogP contribution in [-0.2, 0) is 0 Å². The van der Waals surface area contributed by atoms with E-state index in [-0.39, 0.29) is 11.9 Å². The van der Waals surface area contributed by atoms with Crippen LogP contribution in [-0.4, -0.2) is 21.1 Å². The van der Waals surface area contributed by atoms with Crippen molar-refractivity contribution < 1.29 is 9.21 Å². The summed E-state index contributed by atoms with van der Waals surface area (Å²) in [5.41, 5.74) is 2.73. The van der Waals surface area contributed by atoms with Crippen molar-refractivity contribution in [3.8, 4) is 0 Å². The van der Waals surface area contributed by atoms with Crippen molar-refractivity contribution in [3.05, 3.63) is 29.8 Å². The highest BCUT2D eigenvalue weighted by molar-refractivity contribution is 6.03. The van der Waals surface area contributed by atoms with Crippen molar-refractivity contribution in [2.45, 2.75) is 6.92 Å². The number of nitrogens with one attached hydrogen (secondary N) is 2. The van der Waals surface area contributed by atoms with Gasteiger partial charge in [-0.15, -0.1) is 5.10 Å². The van der Waals surface area contributed by atoms with Gasteiger partial charge in [0, 0.05) is 18.7 Å². The summed E-state index contributed by atoms with van der Waals surface area (Å²) in [7, 11) is 0. The van der Waals surface area contributed by atoms with E-state index < -0.39 is 0 Å². The predicted molar refractivity (Wildman–Crippen MR) is 59.0 cm³/mol. The molecule has 8 heteroatoms. The van der Waals surface area contributed by atoms with Crippen LogP contribution in [0.2, 0.25) is 0 Å². The number of amides is 1. The maximum Gasteiger partial charge on any atom is 0.322 e. The Morgan fingerprint density at radius 1 is 1.47 bits per heavy atom. The van der Waals surface area contributed by atoms with Gasteiger partial charge in [0.05, 0.1) is 0 Å². The zero-order valence-corrected chi connectivity index (χ0v) is 8.97. The monoisotopic (exact) mass is 234 g/mol. The van der Waals surface area contributed by atoms with E-state index in [0.717, 1.165) is 0 Å². The first-order chi connectivity index (χ1) is 8.19. The number of hydrogen-bond acceptors (Lipinski definition) is 7. The van der Waals surface area contributed by atoms with E-state index in [4.69, 9.17) is 10.3 Å². The molecule has 88 valence electrons. The molecule has 17 heavy (non-hydrogen) atoms. The molecule has 2 aromatic rings. The van der Waals surface area contributed by atoms with Crippen molar-refractivity contribution in [2.24, 2.45) is 5.84 Å². The van der Waals surface area contributed by atoms with E-state index in [1.807, 2.05) is 0 Å². The molecule has 0 aliphatic heterocycles. The number of hydrogen-bond donors (Lipinski definition) is 3. The van der Waals surface area contributed by atoms with Gasteiger partial charge in [-0.25, -0.2) is 10.8 Å². The first-order valence-corrected chi connectivity index (χ1v) is 4.73. The summed E-state index contributed by atoms with van der Waals surface area (Å²) in [6.45, 7) is 1.63. The molecular weight excluding hydrogens is 224 g/mol. The molecule has 0 bridgehead atoms. The molecule has 0 spiro atoms. The van der Waals surface area contributed by atoms with Gasteiger partial charge in [-0.2, -0.15) is 0 Å². The molecule has 1 amide bonds. The molecule has 0 saturated carbocycles. The summed E-state index contributed by atoms with van der Waals surface area (Å²) >= 11 is 0. The number of nitrogen functional groups attached to an aromatic ring is 1. The highest BCUT2D eigenvalue weighted by Gasteiger charge is 2.10. The van der Waals surface area contributed by atoms with Crippen LogP contribution in [0.25, 0.3) is 0 Å². The second-order valence-electron chi connectivity index (χ2n) is 3.15. The summed E-state index contributed by atoms with van der Waals surface area (Å²) in [5.74, 6) is 5.57. The Hall–Kier alpha value is -2.48. The van der Waals surface area contributed by atoms with Gasteiger partial charge < -0.3 is 9.84 Å². The molecule has 2 heterocycles. The topological polar surface area (TPSA) is 119 Å². The number of hydrazine groups is 1. The number of carbonyl (C=O) groups excluding carboxylic acids is 1. The first-order valence-electron chi connectivity index (χ1n) is 4.73. The van der Waals surface area contributed by atoms with E-state index in [2.05, 4.69) is 25.9 Å². The lowest BCUT2D eigenvalue weighted by Gasteiger charge is -2.02. The van der Waals surface area contributed by atoms with Gasteiger partial charge in [0.15, 0.2) is 0 Å². The van der Waals surface area contributed by atoms with Crippen LogP contribution in [0.1, 0.15) is 16.2 Å². The molecule has 4 N–H and O–H groups in total. The van der Waals surface area contributed by atoms with Gasteiger partial charge in [-0.3, -0.25) is 10.1 Å². The Labute approximate surface area is 96.2 Å². The summed E-state index contributed by atoms with van der Waals surface area (Å²) in [5, 5.41) is 9.70. The SMILES string of the molecule is Cc1nnc(NC(=O)c2ccnc(NN)c2)o1. The Bertz CT molecular complexity index is 538. The standard InChI is InChI=1S/C9H10N6O2/c1-5-14-15-9(17-5)12-8(16)6-2-3-11-7(4-6)13-10/h2-4H,10H2,1H3,(H,11,13)(H,12,15,16). The van der Waals surface area contributed by atoms with E-state index in [1.54, 1.807) is 13.0 Å². The molecule has 0 aliphatic carbocycles. The molecule has 2 rings (SSSR count). The number of anilines is 2. The third kappa shape index (κ3) is 2.55. The summed E-state index contributed by atoms with van der Waals surface area (Å²) in [4.78, 5) is 15.6. The lowest BCUT2D eigenvalue weighted by atomic mass is 10.2. The Kier molecular flexibility index (Phi) is 2.97. The highest BCUT2D eigenvalue weighted by Crippen LogP contribution is 2.09. The highest BCUT2D eigenvalue weighted by atomic mass is 16.4. The van der Waals surface area contributed by atoms with Crippen LogP contribution in [0.5, 0.6) is 0 Å². The zero-order valence-electron chi connectivity index (χ0n) is 8.97. The lowest BCUT2D eigenvalue weighted by molar-refractivity contribution is 0.102. The fourth-order valence-corrected chi connectivity index (χ4v) is 1.17. The van der Waals surface area contributed by atoms with Crippen LogP contribution < -0.4 is 16.6 Å². The smallest absolute Gasteiger partial charge is 0.322 e. The molecule has 0 unspecified atom stereocenters. The number of aromatic nitrogens is 3. The molecule has 8 nitrogen and oxygen atoms in total. The zero-order chi connectivity index (χ0) is 12.3. The Balaban J connectivity index is 2.14. The number of aryl methyl sites for hydroxylation is 1. The number of rotatable bonds is 3. The van der Waals surface area contributed by atoms with E-state index in [1.165, 1.54) is 12.3 Å². The molecule has 0 aromatic carbocycles. The van der Waals surface area contributed by atoms with Gasteiger partial charge >= 0.3 is 6.01 Å². The fraction of sp³-hybridized carbons (Fsp3) is 0.111. The van der Waals surface area contributed by atoms with E-state index in [0.29, 0.717) is 17.3 Å². The van der Waals surface area contributed by atoms with Crippen molar-refractivity contribution in [1.29, 1.82) is 0 Å². The van der Waals surface area contributed by atoms with Gasteiger partial charge in [0.1, 0.15) is 5.82 Å². The molecule has 0 radical (unpaired) electrons. The first kappa shape index (κ1) is 11.0. The van der Waals surface area contributed by atoms with Crippen LogP contribution in [0.3, 0.4) is 0 Å². The second kappa shape index (κ2) is 4.58. The largest absolute Gasteiger partial charge is 0.408 e. The minimum Gasteiger partial charge on any atom is -0.408 e. The van der Waals surface area contributed by atoms with Gasteiger partial charge in [-0.1, -0.05) is 5.10 Å². The van der Waals surface area contributed by atoms with Crippen molar-refractivity contribution in [2.75, 3.05) is 10.7 Å². The van der Waals surface area contributed by atoms with Crippen LogP contribution in [0.15, 0.2) is 22.7 Å². The maximum absolute atomic E-state index is 11.8. The van der Waals surface area contributed by atoms with Gasteiger partial charge in [0.25, 0.3) is 5.91 Å². The van der Waals surface area contributed by atoms with Gasteiger partial charge in [-0.05, 0) is 12.1 Å². The van der Waals surface area contributed by atoms with Crippen LogP contribution in [0.4, 0.5) is 11.8 Å². The van der Waals surface area contributed by atoms with Crippen LogP contribution in [0, 0.1) is 6.92 Å². The van der Waals surface area contributed by atoms with Crippen molar-refractivity contribution in [1.82, 2.24) is 15.2 Å². The number of carbonyl (C=O) groups is 1. The summed E-state index contributed by atoms with van der Waals surface area (Å²) < 4.78 is 5.02. The van der Waals surface area contributed by atoms with E-state index in [9.17, 15) is 4.79 Å². The third-order valence-corrected chi connectivity index (χ3v) is 1.92. The number of pyridine rings is 1. The number of nitrogens with zero attached hydrogens (tertiary/aromatic N) is 3. The summed E-state index contributed by atoms with van der Waals surface area (Å²) in [6, 6.07) is 3.09. The van der Waals surface area contributed by atoms with Crippen molar-refractivity contribution >= 4 is 17.7 Å². The maximum atomic E-state index is 11.8. The lowest BCUT2D eigenvalue weighted by Crippen LogP contribution is -2.14. The molecule has 2 aromatic heterocycles. The second-order valence-corrected chi connectivity index (χ2v) is 3.15. The van der Waals surface area contributed by atoms with Crippen LogP contribution >= 0.6 is 0 Å². The normalized spacial score (nSPS) is 10.0. The molecule has 0 saturated heterocycles. The fourth-order valence-electron chi connectivity index (χ4n) is 1.17. The van der Waals surface area contributed by atoms with Crippen molar-refractivity contribution in [3.63, 3.8) is 0 Å². The summed E-state index contributed by atoms with van der Waals surface area (Å²) in [6.07, 6.45) is 1.46. The predicted octanol–water partition coefficient (Wildman–Crippen LogP) is 0.311. The Morgan fingerprint density at radius 2 is 2.29 bits per heavy atom. The molecule has 0 aliphatic rings.